The first-order chi connectivity index (χ1) is 7.72. The minimum absolute atomic E-state index is 0.537. The third kappa shape index (κ3) is 2.61. The van der Waals surface area contributed by atoms with E-state index in [1.165, 1.54) is 6.33 Å². The molecule has 1 fully saturated rings. The van der Waals surface area contributed by atoms with Crippen LogP contribution in [0, 0.1) is 0 Å². The molecule has 1 saturated carbocycles. The lowest BCUT2D eigenvalue weighted by Crippen LogP contribution is -2.43. The van der Waals surface area contributed by atoms with Gasteiger partial charge in [0.1, 0.15) is 12.1 Å². The van der Waals surface area contributed by atoms with Crippen molar-refractivity contribution in [3.05, 3.63) is 12.4 Å². The summed E-state index contributed by atoms with van der Waals surface area (Å²) in [6, 6.07) is 1.74. The largest absolute Gasteiger partial charge is 0.478 e. The standard InChI is InChI=1S/C11H17N3O2/c1-2-16-10-6-9(13-8-14-10)12-7-11(15)4-3-5-11/h6,8,15H,2-5,7H2,1H3,(H,12,13,14). The van der Waals surface area contributed by atoms with Gasteiger partial charge in [-0.3, -0.25) is 0 Å². The molecule has 0 unspecified atom stereocenters. The normalized spacial score (nSPS) is 17.6. The minimum Gasteiger partial charge on any atom is -0.478 e. The van der Waals surface area contributed by atoms with E-state index in [9.17, 15) is 5.11 Å². The fourth-order valence-electron chi connectivity index (χ4n) is 1.68. The molecular formula is C11H17N3O2. The zero-order chi connectivity index (χ0) is 11.4. The smallest absolute Gasteiger partial charge is 0.218 e. The maximum Gasteiger partial charge on any atom is 0.218 e. The van der Waals surface area contributed by atoms with Crippen LogP contribution < -0.4 is 10.1 Å². The number of rotatable bonds is 5. The Morgan fingerprint density at radius 2 is 2.31 bits per heavy atom. The van der Waals surface area contributed by atoms with Gasteiger partial charge >= 0.3 is 0 Å². The second-order valence-electron chi connectivity index (χ2n) is 4.11. The number of nitrogens with zero attached hydrogens (tertiary/aromatic N) is 2. The summed E-state index contributed by atoms with van der Waals surface area (Å²) >= 11 is 0. The van der Waals surface area contributed by atoms with E-state index >= 15 is 0 Å². The van der Waals surface area contributed by atoms with Crippen molar-refractivity contribution in [2.45, 2.75) is 31.8 Å². The van der Waals surface area contributed by atoms with Crippen molar-refractivity contribution in [1.82, 2.24) is 9.97 Å². The van der Waals surface area contributed by atoms with Crippen LogP contribution in [0.5, 0.6) is 5.88 Å². The Morgan fingerprint density at radius 1 is 1.50 bits per heavy atom. The van der Waals surface area contributed by atoms with Crippen molar-refractivity contribution in [2.75, 3.05) is 18.5 Å². The summed E-state index contributed by atoms with van der Waals surface area (Å²) in [5, 5.41) is 13.0. The molecule has 88 valence electrons. The first-order valence-electron chi connectivity index (χ1n) is 5.63. The molecule has 2 N–H and O–H groups in total. The predicted octanol–water partition coefficient (Wildman–Crippen LogP) is 1.20. The molecule has 1 heterocycles. The van der Waals surface area contributed by atoms with Gasteiger partial charge < -0.3 is 15.2 Å². The van der Waals surface area contributed by atoms with Crippen molar-refractivity contribution in [2.24, 2.45) is 0 Å². The maximum atomic E-state index is 9.91. The number of hydrogen-bond acceptors (Lipinski definition) is 5. The fraction of sp³-hybridized carbons (Fsp3) is 0.636. The third-order valence-corrected chi connectivity index (χ3v) is 2.82. The van der Waals surface area contributed by atoms with Crippen LogP contribution in [0.2, 0.25) is 0 Å². The van der Waals surface area contributed by atoms with Gasteiger partial charge in [-0.15, -0.1) is 0 Å². The van der Waals surface area contributed by atoms with E-state index in [2.05, 4.69) is 15.3 Å². The summed E-state index contributed by atoms with van der Waals surface area (Å²) in [7, 11) is 0. The molecule has 1 aromatic heterocycles. The number of aliphatic hydroxyl groups is 1. The lowest BCUT2D eigenvalue weighted by Gasteiger charge is -2.36. The first kappa shape index (κ1) is 11.1. The highest BCUT2D eigenvalue weighted by molar-refractivity contribution is 5.37. The van der Waals surface area contributed by atoms with Gasteiger partial charge in [-0.1, -0.05) is 0 Å². The Balaban J connectivity index is 1.90. The molecule has 0 saturated heterocycles. The van der Waals surface area contributed by atoms with Gasteiger partial charge in [0.05, 0.1) is 12.2 Å². The molecule has 1 aliphatic carbocycles. The van der Waals surface area contributed by atoms with Crippen LogP contribution in [-0.2, 0) is 0 Å². The minimum atomic E-state index is -0.545. The maximum absolute atomic E-state index is 9.91. The molecule has 0 aromatic carbocycles. The van der Waals surface area contributed by atoms with Crippen molar-refractivity contribution < 1.29 is 9.84 Å². The van der Waals surface area contributed by atoms with E-state index in [0.717, 1.165) is 19.3 Å². The number of anilines is 1. The molecular weight excluding hydrogens is 206 g/mol. The van der Waals surface area contributed by atoms with Crippen LogP contribution in [0.4, 0.5) is 5.82 Å². The Hall–Kier alpha value is -1.36. The highest BCUT2D eigenvalue weighted by atomic mass is 16.5. The van der Waals surface area contributed by atoms with E-state index in [-0.39, 0.29) is 0 Å². The second-order valence-corrected chi connectivity index (χ2v) is 4.11. The topological polar surface area (TPSA) is 67.3 Å². The molecule has 1 aliphatic rings. The van der Waals surface area contributed by atoms with Gasteiger partial charge in [-0.25, -0.2) is 9.97 Å². The molecule has 0 spiro atoms. The predicted molar refractivity (Wildman–Crippen MR) is 60.5 cm³/mol. The van der Waals surface area contributed by atoms with Gasteiger partial charge in [-0.05, 0) is 26.2 Å². The van der Waals surface area contributed by atoms with Crippen molar-refractivity contribution in [3.8, 4) is 5.88 Å². The summed E-state index contributed by atoms with van der Waals surface area (Å²) < 4.78 is 5.27. The van der Waals surface area contributed by atoms with E-state index in [1.54, 1.807) is 6.07 Å². The number of nitrogens with one attached hydrogen (secondary N) is 1. The van der Waals surface area contributed by atoms with Gasteiger partial charge in [0.15, 0.2) is 0 Å². The Labute approximate surface area is 94.9 Å². The van der Waals surface area contributed by atoms with Crippen molar-refractivity contribution >= 4 is 5.82 Å². The Kier molecular flexibility index (Phi) is 3.24. The monoisotopic (exact) mass is 223 g/mol. The van der Waals surface area contributed by atoms with Gasteiger partial charge in [0, 0.05) is 12.6 Å². The van der Waals surface area contributed by atoms with Crippen LogP contribution in [0.15, 0.2) is 12.4 Å². The van der Waals surface area contributed by atoms with Crippen LogP contribution in [0.1, 0.15) is 26.2 Å². The molecule has 0 aliphatic heterocycles. The second kappa shape index (κ2) is 4.65. The van der Waals surface area contributed by atoms with Crippen LogP contribution in [0.25, 0.3) is 0 Å². The Bertz CT molecular complexity index is 353. The van der Waals surface area contributed by atoms with E-state index in [1.807, 2.05) is 6.92 Å². The molecule has 5 heteroatoms. The average molecular weight is 223 g/mol. The molecule has 0 bridgehead atoms. The summed E-state index contributed by atoms with van der Waals surface area (Å²) in [5.41, 5.74) is -0.545. The summed E-state index contributed by atoms with van der Waals surface area (Å²) in [4.78, 5) is 8.04. The Morgan fingerprint density at radius 3 is 2.94 bits per heavy atom. The molecule has 0 radical (unpaired) electrons. The number of ether oxygens (including phenoxy) is 1. The summed E-state index contributed by atoms with van der Waals surface area (Å²) in [6.45, 7) is 3.03. The molecule has 1 aromatic rings. The average Bonchev–Trinajstić information content (AvgIpc) is 2.25. The lowest BCUT2D eigenvalue weighted by atomic mass is 9.80. The first-order valence-corrected chi connectivity index (χ1v) is 5.63. The molecule has 2 rings (SSSR count). The van der Waals surface area contributed by atoms with Crippen molar-refractivity contribution in [3.63, 3.8) is 0 Å². The number of hydrogen-bond donors (Lipinski definition) is 2. The van der Waals surface area contributed by atoms with Gasteiger partial charge in [-0.2, -0.15) is 0 Å². The van der Waals surface area contributed by atoms with E-state index in [0.29, 0.717) is 24.8 Å². The van der Waals surface area contributed by atoms with Crippen LogP contribution in [0.3, 0.4) is 0 Å². The SMILES string of the molecule is CCOc1cc(NCC2(O)CCC2)ncn1. The highest BCUT2D eigenvalue weighted by Crippen LogP contribution is 2.31. The lowest BCUT2D eigenvalue weighted by molar-refractivity contribution is -0.0202. The summed E-state index contributed by atoms with van der Waals surface area (Å²) in [6.07, 6.45) is 4.29. The quantitative estimate of drug-likeness (QED) is 0.785. The van der Waals surface area contributed by atoms with E-state index in [4.69, 9.17) is 4.74 Å². The zero-order valence-electron chi connectivity index (χ0n) is 9.44. The van der Waals surface area contributed by atoms with Crippen molar-refractivity contribution in [1.29, 1.82) is 0 Å². The fourth-order valence-corrected chi connectivity index (χ4v) is 1.68. The van der Waals surface area contributed by atoms with E-state index < -0.39 is 5.60 Å². The van der Waals surface area contributed by atoms with Gasteiger partial charge in [0.2, 0.25) is 5.88 Å². The number of aromatic nitrogens is 2. The molecule has 0 amide bonds. The molecule has 0 atom stereocenters. The van der Waals surface area contributed by atoms with Crippen LogP contribution in [-0.4, -0.2) is 33.8 Å². The molecule has 5 nitrogen and oxygen atoms in total. The van der Waals surface area contributed by atoms with Crippen LogP contribution >= 0.6 is 0 Å². The van der Waals surface area contributed by atoms with Gasteiger partial charge in [0.25, 0.3) is 0 Å². The summed E-state index contributed by atoms with van der Waals surface area (Å²) in [5.74, 6) is 1.25. The molecule has 16 heavy (non-hydrogen) atoms. The highest BCUT2D eigenvalue weighted by Gasteiger charge is 2.33. The third-order valence-electron chi connectivity index (χ3n) is 2.82. The zero-order valence-corrected chi connectivity index (χ0v) is 9.44.